The van der Waals surface area contributed by atoms with E-state index < -0.39 is 0 Å². The van der Waals surface area contributed by atoms with E-state index >= 15 is 0 Å². The molecule has 0 saturated heterocycles. The zero-order valence-corrected chi connectivity index (χ0v) is 17.9. The molecule has 0 fully saturated rings. The van der Waals surface area contributed by atoms with Crippen molar-refractivity contribution >= 4 is 0 Å². The summed E-state index contributed by atoms with van der Waals surface area (Å²) in [7, 11) is 0. The number of benzene rings is 4. The van der Waals surface area contributed by atoms with Crippen molar-refractivity contribution in [2.24, 2.45) is 0 Å². The smallest absolute Gasteiger partial charge is 0.122 e. The lowest BCUT2D eigenvalue weighted by atomic mass is 9.91. The van der Waals surface area contributed by atoms with Gasteiger partial charge in [-0.2, -0.15) is 0 Å². The van der Waals surface area contributed by atoms with Gasteiger partial charge in [-0.3, -0.25) is 0 Å². The van der Waals surface area contributed by atoms with Crippen LogP contribution >= 0.6 is 0 Å². The molecule has 1 aliphatic carbocycles. The maximum Gasteiger partial charge on any atom is 0.122 e. The standard InChI is InChI=1S/C28H24O5/c29-24-14-22-12-20-8-2-6-18(26(20)31)10-16-4-1-5-17(25(16)30)11-19-7-3-9-21(27(19)32)13-23(15-24)28(22)33/h1-9,14-15,29-33H,10-13H2. The van der Waals surface area contributed by atoms with E-state index in [0.717, 1.165) is 0 Å². The van der Waals surface area contributed by atoms with E-state index in [9.17, 15) is 25.5 Å². The van der Waals surface area contributed by atoms with Gasteiger partial charge >= 0.3 is 0 Å². The monoisotopic (exact) mass is 440 g/mol. The molecule has 8 bridgehead atoms. The van der Waals surface area contributed by atoms with Crippen molar-refractivity contribution in [3.8, 4) is 28.7 Å². The molecule has 4 aromatic carbocycles. The largest absolute Gasteiger partial charge is 0.508 e. The van der Waals surface area contributed by atoms with Crippen LogP contribution in [-0.2, 0) is 25.7 Å². The number of fused-ring (bicyclic) bond motifs is 8. The van der Waals surface area contributed by atoms with E-state index in [1.165, 1.54) is 12.1 Å². The first-order valence-corrected chi connectivity index (χ1v) is 10.8. The Labute approximate surface area is 191 Å². The number of phenols is 5. The minimum absolute atomic E-state index is 0.00473. The molecule has 1 aliphatic rings. The average Bonchev–Trinajstić information content (AvgIpc) is 2.78. The second-order valence-electron chi connectivity index (χ2n) is 8.59. The lowest BCUT2D eigenvalue weighted by Crippen LogP contribution is -2.00. The lowest BCUT2D eigenvalue weighted by Gasteiger charge is -2.17. The van der Waals surface area contributed by atoms with E-state index in [1.807, 2.05) is 30.3 Å². The van der Waals surface area contributed by atoms with Crippen molar-refractivity contribution in [2.45, 2.75) is 25.7 Å². The number of para-hydroxylation sites is 3. The lowest BCUT2D eigenvalue weighted by molar-refractivity contribution is 0.444. The predicted molar refractivity (Wildman–Crippen MR) is 125 cm³/mol. The highest BCUT2D eigenvalue weighted by Gasteiger charge is 2.19. The molecule has 0 unspecified atom stereocenters. The van der Waals surface area contributed by atoms with Crippen molar-refractivity contribution in [3.63, 3.8) is 0 Å². The van der Waals surface area contributed by atoms with Gasteiger partial charge in [0.25, 0.3) is 0 Å². The summed E-state index contributed by atoms with van der Waals surface area (Å²) in [6, 6.07) is 19.3. The molecule has 5 heteroatoms. The van der Waals surface area contributed by atoms with Gasteiger partial charge in [-0.1, -0.05) is 54.6 Å². The zero-order chi connectivity index (χ0) is 23.1. The molecule has 0 spiro atoms. The van der Waals surface area contributed by atoms with Crippen LogP contribution in [0.25, 0.3) is 0 Å². The van der Waals surface area contributed by atoms with Crippen molar-refractivity contribution in [2.75, 3.05) is 0 Å². The first-order valence-electron chi connectivity index (χ1n) is 10.8. The molecule has 0 amide bonds. The van der Waals surface area contributed by atoms with Crippen LogP contribution in [0.15, 0.2) is 66.7 Å². The Bertz CT molecular complexity index is 1280. The molecule has 0 aromatic heterocycles. The van der Waals surface area contributed by atoms with Crippen molar-refractivity contribution in [3.05, 3.63) is 111 Å². The van der Waals surface area contributed by atoms with E-state index in [0.29, 0.717) is 57.3 Å². The van der Waals surface area contributed by atoms with Gasteiger partial charge in [-0.05, 0) is 45.5 Å². The van der Waals surface area contributed by atoms with E-state index in [1.54, 1.807) is 24.3 Å². The molecule has 0 heterocycles. The molecule has 0 atom stereocenters. The summed E-state index contributed by atoms with van der Waals surface area (Å²) in [6.45, 7) is 0. The van der Waals surface area contributed by atoms with Crippen molar-refractivity contribution < 1.29 is 25.5 Å². The van der Waals surface area contributed by atoms with Gasteiger partial charge in [0, 0.05) is 36.8 Å². The van der Waals surface area contributed by atoms with Gasteiger partial charge in [-0.15, -0.1) is 0 Å². The summed E-state index contributed by atoms with van der Waals surface area (Å²) < 4.78 is 0. The number of hydrogen-bond donors (Lipinski definition) is 5. The van der Waals surface area contributed by atoms with Crippen molar-refractivity contribution in [1.29, 1.82) is 0 Å². The fourth-order valence-electron chi connectivity index (χ4n) is 4.62. The fraction of sp³-hybridized carbons (Fsp3) is 0.143. The molecular formula is C28H24O5. The van der Waals surface area contributed by atoms with Crippen LogP contribution in [-0.4, -0.2) is 25.5 Å². The summed E-state index contributed by atoms with van der Waals surface area (Å²) in [5.41, 5.74) is 4.80. The van der Waals surface area contributed by atoms with Crippen molar-refractivity contribution in [1.82, 2.24) is 0 Å². The first-order chi connectivity index (χ1) is 15.9. The van der Waals surface area contributed by atoms with Gasteiger partial charge in [0.05, 0.1) is 0 Å². The third-order valence-electron chi connectivity index (χ3n) is 6.39. The van der Waals surface area contributed by atoms with Crippen LogP contribution in [0.2, 0.25) is 0 Å². The maximum atomic E-state index is 11.0. The first kappa shape index (κ1) is 20.8. The van der Waals surface area contributed by atoms with Crippen LogP contribution < -0.4 is 0 Å². The minimum Gasteiger partial charge on any atom is -0.508 e. The normalized spacial score (nSPS) is 13.0. The summed E-state index contributed by atoms with van der Waals surface area (Å²) in [4.78, 5) is 0. The molecule has 0 saturated carbocycles. The molecule has 5 N–H and O–H groups in total. The number of hydrogen-bond acceptors (Lipinski definition) is 5. The highest BCUT2D eigenvalue weighted by molar-refractivity contribution is 5.56. The van der Waals surface area contributed by atoms with Crippen LogP contribution in [0.4, 0.5) is 0 Å². The second-order valence-corrected chi connectivity index (χ2v) is 8.59. The average molecular weight is 440 g/mol. The van der Waals surface area contributed by atoms with Crippen LogP contribution in [0.3, 0.4) is 0 Å². The molecule has 166 valence electrons. The Balaban J connectivity index is 1.73. The fourth-order valence-corrected chi connectivity index (χ4v) is 4.62. The number of aromatic hydroxyl groups is 5. The second kappa shape index (κ2) is 8.10. The summed E-state index contributed by atoms with van der Waals surface area (Å²) in [5, 5.41) is 54.1. The maximum absolute atomic E-state index is 11.0. The predicted octanol–water partition coefficient (Wildman–Crippen LogP) is 4.89. The molecule has 33 heavy (non-hydrogen) atoms. The Morgan fingerprint density at radius 2 is 0.606 bits per heavy atom. The van der Waals surface area contributed by atoms with Crippen LogP contribution in [0, 0.1) is 0 Å². The van der Waals surface area contributed by atoms with Gasteiger partial charge in [-0.25, -0.2) is 0 Å². The third kappa shape index (κ3) is 3.82. The van der Waals surface area contributed by atoms with Gasteiger partial charge in [0.15, 0.2) is 0 Å². The van der Waals surface area contributed by atoms with Gasteiger partial charge in [0.1, 0.15) is 28.7 Å². The van der Waals surface area contributed by atoms with Gasteiger partial charge < -0.3 is 25.5 Å². The van der Waals surface area contributed by atoms with Crippen LogP contribution in [0.1, 0.15) is 44.5 Å². The molecule has 0 aliphatic heterocycles. The number of rotatable bonds is 0. The molecular weight excluding hydrogens is 416 g/mol. The molecule has 5 nitrogen and oxygen atoms in total. The Hall–Kier alpha value is -4.12. The number of phenolic OH excluding ortho intramolecular Hbond substituents is 5. The Kier molecular flexibility index (Phi) is 5.09. The van der Waals surface area contributed by atoms with Crippen LogP contribution in [0.5, 0.6) is 28.7 Å². The zero-order valence-electron chi connectivity index (χ0n) is 17.9. The summed E-state index contributed by atoms with van der Waals surface area (Å²) in [6.07, 6.45) is 1.07. The van der Waals surface area contributed by atoms with E-state index in [2.05, 4.69) is 0 Å². The molecule has 5 rings (SSSR count). The quantitative estimate of drug-likeness (QED) is 0.221. The van der Waals surface area contributed by atoms with E-state index in [-0.39, 0.29) is 41.6 Å². The summed E-state index contributed by atoms with van der Waals surface area (Å²) >= 11 is 0. The highest BCUT2D eigenvalue weighted by Crippen LogP contribution is 2.38. The summed E-state index contributed by atoms with van der Waals surface area (Å²) in [5.74, 6) is 0.373. The minimum atomic E-state index is 0.00473. The molecule has 4 aromatic rings. The van der Waals surface area contributed by atoms with E-state index in [4.69, 9.17) is 0 Å². The Morgan fingerprint density at radius 3 is 0.909 bits per heavy atom. The SMILES string of the molecule is Oc1cc2c(O)c(c1)Cc1cccc(c1O)Cc1cccc(c1O)Cc1cccc(c1O)C2. The highest BCUT2D eigenvalue weighted by atomic mass is 16.3. The third-order valence-corrected chi connectivity index (χ3v) is 6.39. The Morgan fingerprint density at radius 1 is 0.364 bits per heavy atom. The molecule has 0 radical (unpaired) electrons. The topological polar surface area (TPSA) is 101 Å². The van der Waals surface area contributed by atoms with Gasteiger partial charge in [0.2, 0.25) is 0 Å².